The molecule has 0 aromatic carbocycles. The molecule has 0 atom stereocenters. The fourth-order valence-corrected chi connectivity index (χ4v) is 0.434. The summed E-state index contributed by atoms with van der Waals surface area (Å²) in [6.07, 6.45) is 1.87. The predicted molar refractivity (Wildman–Crippen MR) is 36.8 cm³/mol. The summed E-state index contributed by atoms with van der Waals surface area (Å²) in [7, 11) is 1.51. The summed E-state index contributed by atoms with van der Waals surface area (Å²) < 4.78 is 0.542. The Balaban J connectivity index is 0. The summed E-state index contributed by atoms with van der Waals surface area (Å²) in [5, 5.41) is 9.45. The Morgan fingerprint density at radius 3 is 2.12 bits per heavy atom. The SMILES string of the molecule is C[SH-]C(=S)N(C)O.[K+]. The van der Waals surface area contributed by atoms with Gasteiger partial charge in [0, 0.05) is 7.05 Å². The van der Waals surface area contributed by atoms with Gasteiger partial charge in [-0.3, -0.25) is 10.3 Å². The van der Waals surface area contributed by atoms with Crippen molar-refractivity contribution >= 4 is 28.3 Å². The third kappa shape index (κ3) is 5.96. The van der Waals surface area contributed by atoms with Crippen molar-refractivity contribution in [1.29, 1.82) is 0 Å². The molecule has 0 bridgehead atoms. The molecule has 44 valence electrons. The van der Waals surface area contributed by atoms with Crippen LogP contribution in [0, 0.1) is 0 Å². The molecule has 0 spiro atoms. The molecule has 2 nitrogen and oxygen atoms in total. The monoisotopic (exact) mass is 177 g/mol. The number of thiocarbonyl (C=S) groups is 1. The molecule has 0 unspecified atom stereocenters. The van der Waals surface area contributed by atoms with Crippen molar-refractivity contribution in [2.24, 2.45) is 0 Å². The van der Waals surface area contributed by atoms with Gasteiger partial charge in [-0.2, -0.15) is 6.26 Å². The van der Waals surface area contributed by atoms with Crippen molar-refractivity contribution in [3.05, 3.63) is 0 Å². The summed E-state index contributed by atoms with van der Waals surface area (Å²) in [6.45, 7) is 0. The first-order chi connectivity index (χ1) is 3.18. The average Bonchev–Trinajstić information content (AvgIpc) is 1.65. The zero-order chi connectivity index (χ0) is 5.86. The third-order valence-electron chi connectivity index (χ3n) is 0.468. The molecule has 0 radical (unpaired) electrons. The quantitative estimate of drug-likeness (QED) is 0.141. The Morgan fingerprint density at radius 1 is 1.75 bits per heavy atom. The normalized spacial score (nSPS) is 7.88. The molecule has 0 saturated carbocycles. The zero-order valence-electron chi connectivity index (χ0n) is 5.25. The number of hydroxylamine groups is 2. The van der Waals surface area contributed by atoms with Crippen LogP contribution in [0.2, 0.25) is 0 Å². The van der Waals surface area contributed by atoms with Crippen LogP contribution in [0.4, 0.5) is 0 Å². The van der Waals surface area contributed by atoms with Crippen molar-refractivity contribution in [3.63, 3.8) is 0 Å². The van der Waals surface area contributed by atoms with E-state index in [9.17, 15) is 0 Å². The number of rotatable bonds is 0. The molecule has 0 fully saturated rings. The van der Waals surface area contributed by atoms with Crippen molar-refractivity contribution in [2.45, 2.75) is 0 Å². The van der Waals surface area contributed by atoms with Crippen LogP contribution in [-0.2, 0) is 11.8 Å². The molecule has 0 aromatic rings. The second-order valence-corrected chi connectivity index (χ2v) is 2.59. The number of hydrogen-bond donors (Lipinski definition) is 1. The Morgan fingerprint density at radius 2 is 2.12 bits per heavy atom. The van der Waals surface area contributed by atoms with Gasteiger partial charge in [0.15, 0.2) is 0 Å². The van der Waals surface area contributed by atoms with Crippen LogP contribution in [0.5, 0.6) is 0 Å². The number of thiol groups is 1. The molecule has 0 heterocycles. The fraction of sp³-hybridized carbons (Fsp3) is 0.667. The molecule has 0 amide bonds. The summed E-state index contributed by atoms with van der Waals surface area (Å²) in [5.41, 5.74) is 0. The second-order valence-electron chi connectivity index (χ2n) is 1.03. The van der Waals surface area contributed by atoms with Crippen molar-refractivity contribution < 1.29 is 56.6 Å². The molecule has 0 aliphatic carbocycles. The van der Waals surface area contributed by atoms with Crippen LogP contribution < -0.4 is 51.4 Å². The van der Waals surface area contributed by atoms with Gasteiger partial charge in [0.25, 0.3) is 0 Å². The van der Waals surface area contributed by atoms with Crippen LogP contribution in [0.15, 0.2) is 0 Å². The molecule has 0 aliphatic rings. The first-order valence-corrected chi connectivity index (χ1v) is 3.50. The third-order valence-corrected chi connectivity index (χ3v) is 1.95. The Bertz CT molecular complexity index is 77.7. The minimum absolute atomic E-state index is 0. The first kappa shape index (κ1) is 12.5. The summed E-state index contributed by atoms with van der Waals surface area (Å²) in [6, 6.07) is 0. The van der Waals surface area contributed by atoms with Gasteiger partial charge in [-0.15, -0.1) is 0 Å². The van der Waals surface area contributed by atoms with Crippen LogP contribution in [0.25, 0.3) is 0 Å². The van der Waals surface area contributed by atoms with E-state index in [1.165, 1.54) is 7.05 Å². The van der Waals surface area contributed by atoms with Gasteiger partial charge in [-0.05, 0) is 4.32 Å². The van der Waals surface area contributed by atoms with E-state index in [1.54, 1.807) is 0 Å². The van der Waals surface area contributed by atoms with Crippen LogP contribution in [0.1, 0.15) is 0 Å². The van der Waals surface area contributed by atoms with E-state index >= 15 is 0 Å². The van der Waals surface area contributed by atoms with E-state index in [-0.39, 0.29) is 51.4 Å². The molecule has 0 aliphatic heterocycles. The van der Waals surface area contributed by atoms with Gasteiger partial charge in [0.2, 0.25) is 0 Å². The molecular weight excluding hydrogens is 169 g/mol. The molecule has 1 N–H and O–H groups in total. The summed E-state index contributed by atoms with van der Waals surface area (Å²) in [5.74, 6) is 0. The smallest absolute Gasteiger partial charge is 0.474 e. The van der Waals surface area contributed by atoms with Gasteiger partial charge in [0.1, 0.15) is 0 Å². The average molecular weight is 177 g/mol. The summed E-state index contributed by atoms with van der Waals surface area (Å²) >= 11 is 5.57. The van der Waals surface area contributed by atoms with Gasteiger partial charge in [0.05, 0.1) is 0 Å². The van der Waals surface area contributed by atoms with Gasteiger partial charge in [-0.1, -0.05) is 12.2 Å². The fourth-order valence-electron chi connectivity index (χ4n) is 0.145. The largest absolute Gasteiger partial charge is 1.00 e. The van der Waals surface area contributed by atoms with Crippen LogP contribution >= 0.6 is 12.2 Å². The first-order valence-electron chi connectivity index (χ1n) is 1.75. The minimum Gasteiger partial charge on any atom is -0.474 e. The van der Waals surface area contributed by atoms with Crippen molar-refractivity contribution in [3.8, 4) is 0 Å². The van der Waals surface area contributed by atoms with E-state index in [2.05, 4.69) is 12.2 Å². The van der Waals surface area contributed by atoms with E-state index < -0.39 is 0 Å². The van der Waals surface area contributed by atoms with E-state index in [0.29, 0.717) is 4.32 Å². The molecule has 0 rings (SSSR count). The summed E-state index contributed by atoms with van der Waals surface area (Å²) in [4.78, 5) is 0. The maximum Gasteiger partial charge on any atom is 1.00 e. The standard InChI is InChI=1S/C3H8NOS2.K/c1-4(5)3(6)7-2;/h5,7H,1-2H3;/q-1;+1. The van der Waals surface area contributed by atoms with Crippen molar-refractivity contribution in [1.82, 2.24) is 5.06 Å². The van der Waals surface area contributed by atoms with Gasteiger partial charge in [-0.25, -0.2) is 0 Å². The maximum atomic E-state index is 8.51. The maximum absolute atomic E-state index is 8.51. The van der Waals surface area contributed by atoms with E-state index in [0.717, 1.165) is 16.8 Å². The zero-order valence-corrected chi connectivity index (χ0v) is 10.1. The van der Waals surface area contributed by atoms with Gasteiger partial charge < -0.3 is 11.8 Å². The molecule has 5 heteroatoms. The number of nitrogens with zero attached hydrogens (tertiary/aromatic N) is 1. The molecule has 0 saturated heterocycles. The minimum atomic E-state index is 0. The van der Waals surface area contributed by atoms with E-state index in [4.69, 9.17) is 5.21 Å². The number of hydrogen-bond acceptors (Lipinski definition) is 3. The second kappa shape index (κ2) is 6.95. The predicted octanol–water partition coefficient (Wildman–Crippen LogP) is -2.96. The van der Waals surface area contributed by atoms with Crippen LogP contribution in [-0.4, -0.2) is 27.9 Å². The molecular formula is C3H8KNOS2. The topological polar surface area (TPSA) is 23.5 Å². The Kier molecular flexibility index (Phi) is 10.9. The Hall–Kier alpha value is 1.84. The van der Waals surface area contributed by atoms with Crippen molar-refractivity contribution in [2.75, 3.05) is 13.3 Å². The Labute approximate surface area is 101 Å². The van der Waals surface area contributed by atoms with Crippen LogP contribution in [0.3, 0.4) is 0 Å². The van der Waals surface area contributed by atoms with Gasteiger partial charge >= 0.3 is 51.4 Å². The van der Waals surface area contributed by atoms with E-state index in [1.807, 2.05) is 6.26 Å². The molecule has 0 aromatic heterocycles. The molecule has 8 heavy (non-hydrogen) atoms.